The number of urea groups is 1. The lowest BCUT2D eigenvalue weighted by Crippen LogP contribution is -2.44. The van der Waals surface area contributed by atoms with E-state index in [2.05, 4.69) is 10.6 Å². The van der Waals surface area contributed by atoms with E-state index in [1.165, 1.54) is 28.7 Å². The van der Waals surface area contributed by atoms with Gasteiger partial charge in [-0.25, -0.2) is 9.59 Å². The molecule has 1 aromatic carbocycles. The molecular weight excluding hydrogens is 364 g/mol. The van der Waals surface area contributed by atoms with E-state index in [0.717, 1.165) is 31.2 Å². The van der Waals surface area contributed by atoms with Crippen LogP contribution in [0.5, 0.6) is 0 Å². The minimum atomic E-state index is -1.06. The number of esters is 1. The Hall–Kier alpha value is -2.67. The maximum absolute atomic E-state index is 12.3. The highest BCUT2D eigenvalue weighted by molar-refractivity contribution is 7.14. The van der Waals surface area contributed by atoms with Crippen molar-refractivity contribution in [1.29, 1.82) is 0 Å². The predicted molar refractivity (Wildman–Crippen MR) is 103 cm³/mol. The summed E-state index contributed by atoms with van der Waals surface area (Å²) in [6.07, 6.45) is 3.19. The van der Waals surface area contributed by atoms with Crippen molar-refractivity contribution in [1.82, 2.24) is 10.6 Å². The van der Waals surface area contributed by atoms with Gasteiger partial charge in [0.05, 0.1) is 0 Å². The second-order valence-corrected chi connectivity index (χ2v) is 7.61. The topological polar surface area (TPSA) is 84.5 Å². The average Bonchev–Trinajstić information content (AvgIpc) is 3.11. The summed E-state index contributed by atoms with van der Waals surface area (Å²) >= 11 is 1.43. The van der Waals surface area contributed by atoms with Crippen molar-refractivity contribution in [2.45, 2.75) is 45.3 Å². The SMILES string of the molecule is C[C@H](OC(=O)c1cc2c(s1)CCCC2)C(=O)NC(=O)NCc1ccccc1. The highest BCUT2D eigenvalue weighted by Gasteiger charge is 2.23. The summed E-state index contributed by atoms with van der Waals surface area (Å²) in [5.74, 6) is -1.18. The monoisotopic (exact) mass is 386 g/mol. The number of nitrogens with one attached hydrogen (secondary N) is 2. The van der Waals surface area contributed by atoms with Gasteiger partial charge < -0.3 is 10.1 Å². The Morgan fingerprint density at radius 3 is 2.63 bits per heavy atom. The molecule has 1 atom stereocenters. The average molecular weight is 386 g/mol. The molecule has 0 radical (unpaired) electrons. The molecule has 0 saturated carbocycles. The third-order valence-corrected chi connectivity index (χ3v) is 5.60. The Kier molecular flexibility index (Phi) is 6.24. The van der Waals surface area contributed by atoms with E-state index in [1.54, 1.807) is 0 Å². The Balaban J connectivity index is 1.47. The molecule has 0 bridgehead atoms. The number of imide groups is 1. The lowest BCUT2D eigenvalue weighted by Gasteiger charge is -2.12. The Bertz CT molecular complexity index is 808. The van der Waals surface area contributed by atoms with Gasteiger partial charge in [-0.2, -0.15) is 0 Å². The summed E-state index contributed by atoms with van der Waals surface area (Å²) in [4.78, 5) is 37.9. The summed E-state index contributed by atoms with van der Waals surface area (Å²) in [6.45, 7) is 1.75. The predicted octanol–water partition coefficient (Wildman–Crippen LogP) is 3.20. The molecule has 0 fully saturated rings. The highest BCUT2D eigenvalue weighted by atomic mass is 32.1. The van der Waals surface area contributed by atoms with E-state index >= 15 is 0 Å². The lowest BCUT2D eigenvalue weighted by molar-refractivity contribution is -0.127. The number of benzene rings is 1. The number of rotatable bonds is 5. The third kappa shape index (κ3) is 5.17. The van der Waals surface area contributed by atoms with Gasteiger partial charge in [-0.15, -0.1) is 11.3 Å². The molecule has 3 amide bonds. The summed E-state index contributed by atoms with van der Waals surface area (Å²) < 4.78 is 5.22. The van der Waals surface area contributed by atoms with E-state index in [0.29, 0.717) is 11.4 Å². The van der Waals surface area contributed by atoms with Crippen molar-refractivity contribution < 1.29 is 19.1 Å². The third-order valence-electron chi connectivity index (χ3n) is 4.38. The number of amides is 3. The second-order valence-electron chi connectivity index (χ2n) is 6.47. The number of carbonyl (C=O) groups excluding carboxylic acids is 3. The first-order chi connectivity index (χ1) is 13.0. The molecule has 0 aliphatic heterocycles. The van der Waals surface area contributed by atoms with Gasteiger partial charge in [0.2, 0.25) is 0 Å². The van der Waals surface area contributed by atoms with Gasteiger partial charge in [-0.3, -0.25) is 10.1 Å². The van der Waals surface area contributed by atoms with Crippen LogP contribution in [0.4, 0.5) is 4.79 Å². The van der Waals surface area contributed by atoms with Crippen molar-refractivity contribution >= 4 is 29.2 Å². The van der Waals surface area contributed by atoms with Gasteiger partial charge in [-0.1, -0.05) is 30.3 Å². The van der Waals surface area contributed by atoms with Crippen LogP contribution < -0.4 is 10.6 Å². The smallest absolute Gasteiger partial charge is 0.349 e. The van der Waals surface area contributed by atoms with Crippen LogP contribution in [-0.4, -0.2) is 24.0 Å². The number of carbonyl (C=O) groups is 3. The fourth-order valence-electron chi connectivity index (χ4n) is 2.90. The quantitative estimate of drug-likeness (QED) is 0.773. The molecule has 2 N–H and O–H groups in total. The van der Waals surface area contributed by atoms with Crippen molar-refractivity contribution in [3.05, 3.63) is 57.3 Å². The molecule has 1 heterocycles. The van der Waals surface area contributed by atoms with Gasteiger partial charge in [0.25, 0.3) is 5.91 Å². The Morgan fingerprint density at radius 1 is 1.15 bits per heavy atom. The largest absolute Gasteiger partial charge is 0.448 e. The van der Waals surface area contributed by atoms with Crippen molar-refractivity contribution in [3.8, 4) is 0 Å². The standard InChI is InChI=1S/C20H22N2O4S/c1-13(18(23)22-20(25)21-12-14-7-3-2-4-8-14)26-19(24)17-11-15-9-5-6-10-16(15)27-17/h2-4,7-8,11,13H,5-6,9-10,12H2,1H3,(H2,21,22,23,25)/t13-/m0/s1. The van der Waals surface area contributed by atoms with E-state index in [9.17, 15) is 14.4 Å². The molecule has 0 saturated heterocycles. The van der Waals surface area contributed by atoms with E-state index < -0.39 is 24.0 Å². The fourth-order valence-corrected chi connectivity index (χ4v) is 4.04. The molecule has 142 valence electrons. The number of aryl methyl sites for hydroxylation is 2. The zero-order valence-electron chi connectivity index (χ0n) is 15.1. The molecule has 6 nitrogen and oxygen atoms in total. The molecule has 0 spiro atoms. The molecule has 1 aliphatic rings. The minimum Gasteiger partial charge on any atom is -0.448 e. The van der Waals surface area contributed by atoms with Crippen LogP contribution in [-0.2, 0) is 28.9 Å². The normalized spacial score (nSPS) is 14.0. The molecule has 7 heteroatoms. The summed E-state index contributed by atoms with van der Waals surface area (Å²) in [6, 6.07) is 10.6. The summed E-state index contributed by atoms with van der Waals surface area (Å²) in [5.41, 5.74) is 2.12. The van der Waals surface area contributed by atoms with Gasteiger partial charge in [0.15, 0.2) is 6.10 Å². The lowest BCUT2D eigenvalue weighted by atomic mass is 9.99. The van der Waals surface area contributed by atoms with Crippen LogP contribution in [0.15, 0.2) is 36.4 Å². The number of fused-ring (bicyclic) bond motifs is 1. The number of thiophene rings is 1. The van der Waals surface area contributed by atoms with Crippen molar-refractivity contribution in [3.63, 3.8) is 0 Å². The van der Waals surface area contributed by atoms with E-state index in [1.807, 2.05) is 36.4 Å². The Labute approximate surface area is 161 Å². The molecular formula is C20H22N2O4S. The van der Waals surface area contributed by atoms with Crippen LogP contribution in [0.25, 0.3) is 0 Å². The van der Waals surface area contributed by atoms with Gasteiger partial charge in [0, 0.05) is 11.4 Å². The van der Waals surface area contributed by atoms with Gasteiger partial charge in [0.1, 0.15) is 4.88 Å². The Morgan fingerprint density at radius 2 is 1.89 bits per heavy atom. The van der Waals surface area contributed by atoms with Gasteiger partial charge in [-0.05, 0) is 49.8 Å². The van der Waals surface area contributed by atoms with Crippen LogP contribution in [0, 0.1) is 0 Å². The number of hydrogen-bond donors (Lipinski definition) is 2. The fraction of sp³-hybridized carbons (Fsp3) is 0.350. The maximum atomic E-state index is 12.3. The van der Waals surface area contributed by atoms with Crippen LogP contribution >= 0.6 is 11.3 Å². The molecule has 27 heavy (non-hydrogen) atoms. The van der Waals surface area contributed by atoms with Crippen molar-refractivity contribution in [2.75, 3.05) is 0 Å². The second kappa shape index (κ2) is 8.81. The molecule has 0 unspecified atom stereocenters. The van der Waals surface area contributed by atoms with Crippen LogP contribution in [0.1, 0.15) is 45.4 Å². The van der Waals surface area contributed by atoms with Crippen LogP contribution in [0.3, 0.4) is 0 Å². The summed E-state index contributed by atoms with van der Waals surface area (Å²) in [7, 11) is 0. The first kappa shape index (κ1) is 19.1. The zero-order valence-corrected chi connectivity index (χ0v) is 15.9. The molecule has 2 aromatic rings. The van der Waals surface area contributed by atoms with E-state index in [4.69, 9.17) is 4.74 Å². The van der Waals surface area contributed by atoms with Crippen molar-refractivity contribution in [2.24, 2.45) is 0 Å². The van der Waals surface area contributed by atoms with Crippen LogP contribution in [0.2, 0.25) is 0 Å². The molecule has 1 aliphatic carbocycles. The first-order valence-corrected chi connectivity index (χ1v) is 9.80. The highest BCUT2D eigenvalue weighted by Crippen LogP contribution is 2.30. The number of hydrogen-bond acceptors (Lipinski definition) is 5. The summed E-state index contributed by atoms with van der Waals surface area (Å²) in [5, 5.41) is 4.79. The molecule has 3 rings (SSSR count). The number of ether oxygens (including phenoxy) is 1. The zero-order chi connectivity index (χ0) is 19.2. The first-order valence-electron chi connectivity index (χ1n) is 8.98. The molecule has 1 aromatic heterocycles. The minimum absolute atomic E-state index is 0.300. The van der Waals surface area contributed by atoms with E-state index in [-0.39, 0.29) is 0 Å². The maximum Gasteiger partial charge on any atom is 0.349 e. The van der Waals surface area contributed by atoms with Gasteiger partial charge >= 0.3 is 12.0 Å².